The molecule has 4 nitrogen and oxygen atoms in total. The predicted molar refractivity (Wildman–Crippen MR) is 82.3 cm³/mol. The van der Waals surface area contributed by atoms with Gasteiger partial charge in [0.25, 0.3) is 0 Å². The van der Waals surface area contributed by atoms with Gasteiger partial charge >= 0.3 is 0 Å². The zero-order chi connectivity index (χ0) is 14.8. The van der Waals surface area contributed by atoms with Gasteiger partial charge in [0.15, 0.2) is 0 Å². The van der Waals surface area contributed by atoms with Crippen LogP contribution in [-0.4, -0.2) is 18.8 Å². The highest BCUT2D eigenvalue weighted by atomic mass is 16.5. The summed E-state index contributed by atoms with van der Waals surface area (Å²) in [6, 6.07) is 11.6. The second-order valence-corrected chi connectivity index (χ2v) is 5.24. The van der Waals surface area contributed by atoms with Crippen molar-refractivity contribution < 1.29 is 14.6 Å². The van der Waals surface area contributed by atoms with Crippen molar-refractivity contribution in [1.82, 2.24) is 0 Å². The Hall–Kier alpha value is -2.36. The fourth-order valence-electron chi connectivity index (χ4n) is 2.55. The van der Waals surface area contributed by atoms with E-state index in [1.54, 1.807) is 13.2 Å². The number of hydrogen-bond donors (Lipinski definition) is 2. The van der Waals surface area contributed by atoms with Crippen molar-refractivity contribution in [2.24, 2.45) is 0 Å². The lowest BCUT2D eigenvalue weighted by Gasteiger charge is -2.28. The van der Waals surface area contributed by atoms with Crippen molar-refractivity contribution in [2.45, 2.75) is 19.4 Å². The Labute approximate surface area is 124 Å². The number of phenolic OH excluding ortho intramolecular Hbond substituents is 1. The quantitative estimate of drug-likeness (QED) is 0.904. The summed E-state index contributed by atoms with van der Waals surface area (Å²) in [6.07, 6.45) is 0.870. The molecule has 0 radical (unpaired) electrons. The molecule has 2 aromatic carbocycles. The number of nitrogens with one attached hydrogen (secondary N) is 1. The van der Waals surface area contributed by atoms with E-state index in [9.17, 15) is 5.11 Å². The summed E-state index contributed by atoms with van der Waals surface area (Å²) in [6.45, 7) is 2.56. The number of aromatic hydroxyl groups is 1. The Kier molecular flexibility index (Phi) is 3.60. The van der Waals surface area contributed by atoms with E-state index < -0.39 is 0 Å². The summed E-state index contributed by atoms with van der Waals surface area (Å²) in [5.74, 6) is 2.01. The molecule has 3 rings (SSSR count). The molecule has 2 N–H and O–H groups in total. The highest BCUT2D eigenvalue weighted by Gasteiger charge is 2.22. The van der Waals surface area contributed by atoms with Crippen LogP contribution < -0.4 is 14.8 Å². The maximum absolute atomic E-state index is 9.82. The summed E-state index contributed by atoms with van der Waals surface area (Å²) in [5.41, 5.74) is 2.86. The lowest BCUT2D eigenvalue weighted by atomic mass is 9.99. The molecule has 1 heterocycles. The Balaban J connectivity index is 1.88. The number of phenols is 1. The molecule has 1 aliphatic heterocycles. The van der Waals surface area contributed by atoms with E-state index in [2.05, 4.69) is 5.32 Å². The zero-order valence-electron chi connectivity index (χ0n) is 12.2. The molecule has 0 aliphatic carbocycles. The number of methoxy groups -OCH3 is 1. The van der Waals surface area contributed by atoms with Crippen molar-refractivity contribution in [1.29, 1.82) is 0 Å². The maximum atomic E-state index is 9.82. The van der Waals surface area contributed by atoms with Gasteiger partial charge in [-0.3, -0.25) is 0 Å². The Morgan fingerprint density at radius 2 is 2.10 bits per heavy atom. The first-order valence-corrected chi connectivity index (χ1v) is 7.04. The first-order chi connectivity index (χ1) is 10.2. The molecule has 1 atom stereocenters. The fraction of sp³-hybridized carbons (Fsp3) is 0.294. The molecule has 2 aromatic rings. The number of ether oxygens (including phenoxy) is 2. The van der Waals surface area contributed by atoms with Gasteiger partial charge in [0, 0.05) is 23.7 Å². The number of hydrogen-bond acceptors (Lipinski definition) is 4. The Bertz CT molecular complexity index is 654. The number of aryl methyl sites for hydroxylation is 1. The average Bonchev–Trinajstić information content (AvgIpc) is 2.51. The average molecular weight is 285 g/mol. The molecule has 0 aromatic heterocycles. The first kappa shape index (κ1) is 13.6. The van der Waals surface area contributed by atoms with Crippen LogP contribution >= 0.6 is 0 Å². The number of benzene rings is 2. The third kappa shape index (κ3) is 2.75. The van der Waals surface area contributed by atoms with Crippen molar-refractivity contribution in [3.05, 3.63) is 47.5 Å². The van der Waals surface area contributed by atoms with Crippen LogP contribution in [0, 0.1) is 6.92 Å². The van der Waals surface area contributed by atoms with E-state index in [0.29, 0.717) is 12.4 Å². The van der Waals surface area contributed by atoms with Gasteiger partial charge in [-0.15, -0.1) is 0 Å². The molecule has 110 valence electrons. The zero-order valence-corrected chi connectivity index (χ0v) is 12.2. The van der Waals surface area contributed by atoms with E-state index in [-0.39, 0.29) is 6.04 Å². The second kappa shape index (κ2) is 5.56. The van der Waals surface area contributed by atoms with E-state index in [1.807, 2.05) is 37.3 Å². The SMILES string of the molecule is COc1ccc2c(c1)C(Nc1ccc(C)c(O)c1)CCO2. The molecular weight excluding hydrogens is 266 g/mol. The van der Waals surface area contributed by atoms with E-state index in [1.165, 1.54) is 0 Å². The lowest BCUT2D eigenvalue weighted by Crippen LogP contribution is -2.20. The lowest BCUT2D eigenvalue weighted by molar-refractivity contribution is 0.273. The van der Waals surface area contributed by atoms with Crippen molar-refractivity contribution in [3.63, 3.8) is 0 Å². The van der Waals surface area contributed by atoms with Crippen LogP contribution in [0.5, 0.6) is 17.2 Å². The van der Waals surface area contributed by atoms with E-state index in [4.69, 9.17) is 9.47 Å². The van der Waals surface area contributed by atoms with Gasteiger partial charge in [0.2, 0.25) is 0 Å². The van der Waals surface area contributed by atoms with Gasteiger partial charge in [0.1, 0.15) is 17.2 Å². The molecule has 0 saturated carbocycles. The second-order valence-electron chi connectivity index (χ2n) is 5.24. The normalized spacial score (nSPS) is 16.8. The standard InChI is InChI=1S/C17H19NO3/c1-11-3-4-12(9-16(11)19)18-15-7-8-21-17-6-5-13(20-2)10-14(15)17/h3-6,9-10,15,18-19H,7-8H2,1-2H3. The van der Waals surface area contributed by atoms with Crippen LogP contribution in [-0.2, 0) is 0 Å². The molecule has 0 bridgehead atoms. The van der Waals surface area contributed by atoms with Crippen LogP contribution in [0.15, 0.2) is 36.4 Å². The highest BCUT2D eigenvalue weighted by Crippen LogP contribution is 2.37. The minimum atomic E-state index is 0.144. The van der Waals surface area contributed by atoms with Crippen molar-refractivity contribution in [2.75, 3.05) is 19.0 Å². The number of anilines is 1. The van der Waals surface area contributed by atoms with Crippen LogP contribution in [0.3, 0.4) is 0 Å². The summed E-state index contributed by atoms with van der Waals surface area (Å²) in [4.78, 5) is 0. The Morgan fingerprint density at radius 3 is 2.86 bits per heavy atom. The molecule has 0 saturated heterocycles. The van der Waals surface area contributed by atoms with Gasteiger partial charge < -0.3 is 19.9 Å². The summed E-state index contributed by atoms with van der Waals surface area (Å²) >= 11 is 0. The van der Waals surface area contributed by atoms with Gasteiger partial charge in [-0.2, -0.15) is 0 Å². The third-order valence-corrected chi connectivity index (χ3v) is 3.81. The molecular formula is C17H19NO3. The smallest absolute Gasteiger partial charge is 0.124 e. The minimum Gasteiger partial charge on any atom is -0.508 e. The fourth-order valence-corrected chi connectivity index (χ4v) is 2.55. The molecule has 1 unspecified atom stereocenters. The Morgan fingerprint density at radius 1 is 1.24 bits per heavy atom. The van der Waals surface area contributed by atoms with Crippen LogP contribution in [0.2, 0.25) is 0 Å². The summed E-state index contributed by atoms with van der Waals surface area (Å²) in [5, 5.41) is 13.3. The topological polar surface area (TPSA) is 50.7 Å². The van der Waals surface area contributed by atoms with E-state index in [0.717, 1.165) is 34.7 Å². The van der Waals surface area contributed by atoms with Gasteiger partial charge in [-0.05, 0) is 36.8 Å². The van der Waals surface area contributed by atoms with Gasteiger partial charge in [-0.25, -0.2) is 0 Å². The molecule has 1 aliphatic rings. The molecule has 0 spiro atoms. The van der Waals surface area contributed by atoms with Crippen LogP contribution in [0.1, 0.15) is 23.6 Å². The summed E-state index contributed by atoms with van der Waals surface area (Å²) in [7, 11) is 1.66. The van der Waals surface area contributed by atoms with E-state index >= 15 is 0 Å². The maximum Gasteiger partial charge on any atom is 0.124 e. The van der Waals surface area contributed by atoms with Crippen molar-refractivity contribution >= 4 is 5.69 Å². The molecule has 0 amide bonds. The number of rotatable bonds is 3. The molecule has 21 heavy (non-hydrogen) atoms. The highest BCUT2D eigenvalue weighted by molar-refractivity contribution is 5.54. The predicted octanol–water partition coefficient (Wildman–Crippen LogP) is 3.64. The number of fused-ring (bicyclic) bond motifs is 1. The molecule has 4 heteroatoms. The van der Waals surface area contributed by atoms with Crippen LogP contribution in [0.4, 0.5) is 5.69 Å². The monoisotopic (exact) mass is 285 g/mol. The summed E-state index contributed by atoms with van der Waals surface area (Å²) < 4.78 is 11.0. The van der Waals surface area contributed by atoms with Gasteiger partial charge in [0.05, 0.1) is 19.8 Å². The first-order valence-electron chi connectivity index (χ1n) is 7.04. The minimum absolute atomic E-state index is 0.144. The molecule has 0 fully saturated rings. The largest absolute Gasteiger partial charge is 0.508 e. The third-order valence-electron chi connectivity index (χ3n) is 3.81. The van der Waals surface area contributed by atoms with Gasteiger partial charge in [-0.1, -0.05) is 6.07 Å². The van der Waals surface area contributed by atoms with Crippen molar-refractivity contribution in [3.8, 4) is 17.2 Å². The van der Waals surface area contributed by atoms with Crippen LogP contribution in [0.25, 0.3) is 0 Å².